The van der Waals surface area contributed by atoms with Crippen molar-refractivity contribution in [1.29, 1.82) is 0 Å². The van der Waals surface area contributed by atoms with Crippen molar-refractivity contribution < 1.29 is 9.53 Å². The molecule has 1 N–H and O–H groups in total. The number of rotatable bonds is 5. The van der Waals surface area contributed by atoms with Gasteiger partial charge >= 0.3 is 0 Å². The fourth-order valence-electron chi connectivity index (χ4n) is 4.24. The summed E-state index contributed by atoms with van der Waals surface area (Å²) in [6, 6.07) is 6.62. The highest BCUT2D eigenvalue weighted by molar-refractivity contribution is 5.95. The Morgan fingerprint density at radius 3 is 2.86 bits per heavy atom. The molecular formula is C22H30N4O2. The van der Waals surface area contributed by atoms with Gasteiger partial charge in [0, 0.05) is 26.2 Å². The summed E-state index contributed by atoms with van der Waals surface area (Å²) < 4.78 is 7.39. The fourth-order valence-corrected chi connectivity index (χ4v) is 4.24. The summed E-state index contributed by atoms with van der Waals surface area (Å²) >= 11 is 0. The van der Waals surface area contributed by atoms with Crippen LogP contribution in [0.4, 0.5) is 0 Å². The van der Waals surface area contributed by atoms with Gasteiger partial charge in [0.2, 0.25) is 0 Å². The lowest BCUT2D eigenvalue weighted by Gasteiger charge is -2.28. The van der Waals surface area contributed by atoms with E-state index < -0.39 is 0 Å². The number of hydrogen-bond donors (Lipinski definition) is 1. The number of nitrogens with one attached hydrogen (secondary N) is 1. The minimum absolute atomic E-state index is 0.105. The van der Waals surface area contributed by atoms with Gasteiger partial charge in [-0.2, -0.15) is 5.10 Å². The van der Waals surface area contributed by atoms with Crippen LogP contribution in [-0.4, -0.2) is 53.4 Å². The largest absolute Gasteiger partial charge is 0.378 e. The summed E-state index contributed by atoms with van der Waals surface area (Å²) in [4.78, 5) is 14.8. The van der Waals surface area contributed by atoms with Gasteiger partial charge in [0.15, 0.2) is 0 Å². The molecule has 1 amide bonds. The molecule has 6 nitrogen and oxygen atoms in total. The van der Waals surface area contributed by atoms with Crippen LogP contribution in [0.5, 0.6) is 0 Å². The standard InChI is InChI=1S/C22H30N4O2/c1-16-3-4-19(17(2)11-16)14-23-13-18-5-6-26-21(12-18)20(15-24-26)22(27)25-7-9-28-10-8-25/h3-4,11,15,18,23H,5-10,12-14H2,1-2H3/t18-/m0/s1. The first kappa shape index (κ1) is 19.2. The van der Waals surface area contributed by atoms with Crippen molar-refractivity contribution in [3.63, 3.8) is 0 Å². The van der Waals surface area contributed by atoms with Crippen LogP contribution in [0.25, 0.3) is 0 Å². The molecule has 0 saturated carbocycles. The molecule has 1 aromatic carbocycles. The molecule has 6 heteroatoms. The van der Waals surface area contributed by atoms with E-state index in [1.165, 1.54) is 16.7 Å². The van der Waals surface area contributed by atoms with Crippen LogP contribution in [0.1, 0.15) is 39.2 Å². The third-order valence-corrected chi connectivity index (χ3v) is 5.96. The normalized spacial score (nSPS) is 19.5. The average molecular weight is 383 g/mol. The summed E-state index contributed by atoms with van der Waals surface area (Å²) in [5, 5.41) is 8.10. The molecule has 2 aliphatic rings. The average Bonchev–Trinajstić information content (AvgIpc) is 3.13. The summed E-state index contributed by atoms with van der Waals surface area (Å²) in [5.74, 6) is 0.639. The highest BCUT2D eigenvalue weighted by Gasteiger charge is 2.28. The first-order chi connectivity index (χ1) is 13.6. The lowest BCUT2D eigenvalue weighted by Crippen LogP contribution is -2.41. The van der Waals surface area contributed by atoms with E-state index in [-0.39, 0.29) is 5.91 Å². The molecule has 0 aliphatic carbocycles. The summed E-state index contributed by atoms with van der Waals surface area (Å²) in [6.45, 7) is 9.64. The topological polar surface area (TPSA) is 59.4 Å². The number of aryl methyl sites for hydroxylation is 3. The number of ether oxygens (including phenoxy) is 1. The van der Waals surface area contributed by atoms with Gasteiger partial charge < -0.3 is 15.0 Å². The fraction of sp³-hybridized carbons (Fsp3) is 0.545. The number of hydrogen-bond acceptors (Lipinski definition) is 4. The van der Waals surface area contributed by atoms with E-state index >= 15 is 0 Å². The van der Waals surface area contributed by atoms with Gasteiger partial charge in [0.1, 0.15) is 0 Å². The Kier molecular flexibility index (Phi) is 5.78. The molecule has 3 heterocycles. The van der Waals surface area contributed by atoms with Crippen molar-refractivity contribution >= 4 is 5.91 Å². The number of carbonyl (C=O) groups is 1. The Balaban J connectivity index is 1.36. The van der Waals surface area contributed by atoms with Crippen LogP contribution < -0.4 is 5.32 Å². The summed E-state index contributed by atoms with van der Waals surface area (Å²) in [6.07, 6.45) is 3.77. The molecule has 0 bridgehead atoms. The van der Waals surface area contributed by atoms with E-state index in [1.807, 2.05) is 9.58 Å². The van der Waals surface area contributed by atoms with Crippen LogP contribution >= 0.6 is 0 Å². The van der Waals surface area contributed by atoms with E-state index in [4.69, 9.17) is 4.74 Å². The maximum Gasteiger partial charge on any atom is 0.257 e. The van der Waals surface area contributed by atoms with Crippen molar-refractivity contribution in [3.05, 3.63) is 52.3 Å². The molecule has 1 saturated heterocycles. The molecule has 1 atom stereocenters. The lowest BCUT2D eigenvalue weighted by atomic mass is 9.94. The Bertz CT molecular complexity index is 839. The Hall–Kier alpha value is -2.18. The minimum atomic E-state index is 0.105. The number of fused-ring (bicyclic) bond motifs is 1. The number of morpholine rings is 1. The van der Waals surface area contributed by atoms with Crippen molar-refractivity contribution in [2.24, 2.45) is 5.92 Å². The second-order valence-electron chi connectivity index (χ2n) is 8.05. The molecule has 2 aromatic rings. The number of carbonyl (C=O) groups excluding carboxylic acids is 1. The van der Waals surface area contributed by atoms with Crippen LogP contribution in [0.15, 0.2) is 24.4 Å². The molecule has 1 aromatic heterocycles. The number of aromatic nitrogens is 2. The second-order valence-corrected chi connectivity index (χ2v) is 8.05. The van der Waals surface area contributed by atoms with Crippen molar-refractivity contribution in [2.75, 3.05) is 32.8 Å². The maximum atomic E-state index is 12.9. The predicted molar refractivity (Wildman–Crippen MR) is 108 cm³/mol. The molecular weight excluding hydrogens is 352 g/mol. The van der Waals surface area contributed by atoms with Gasteiger partial charge in [-0.15, -0.1) is 0 Å². The van der Waals surface area contributed by atoms with Crippen molar-refractivity contribution in [2.45, 2.75) is 39.8 Å². The highest BCUT2D eigenvalue weighted by Crippen LogP contribution is 2.24. The van der Waals surface area contributed by atoms with Crippen LogP contribution in [0.2, 0.25) is 0 Å². The number of amides is 1. The molecule has 28 heavy (non-hydrogen) atoms. The van der Waals surface area contributed by atoms with Gasteiger partial charge in [0.05, 0.1) is 30.7 Å². The second kappa shape index (κ2) is 8.45. The van der Waals surface area contributed by atoms with Gasteiger partial charge in [-0.1, -0.05) is 23.8 Å². The molecule has 150 valence electrons. The maximum absolute atomic E-state index is 12.9. The van der Waals surface area contributed by atoms with E-state index in [9.17, 15) is 4.79 Å². The zero-order valence-corrected chi connectivity index (χ0v) is 16.9. The Morgan fingerprint density at radius 1 is 1.25 bits per heavy atom. The minimum Gasteiger partial charge on any atom is -0.378 e. The van der Waals surface area contributed by atoms with Gasteiger partial charge in [-0.25, -0.2) is 0 Å². The van der Waals surface area contributed by atoms with E-state index in [0.29, 0.717) is 32.2 Å². The predicted octanol–water partition coefficient (Wildman–Crippen LogP) is 2.32. The Labute approximate surface area is 166 Å². The van der Waals surface area contributed by atoms with Crippen molar-refractivity contribution in [1.82, 2.24) is 20.0 Å². The highest BCUT2D eigenvalue weighted by atomic mass is 16.5. The van der Waals surface area contributed by atoms with Crippen LogP contribution in [-0.2, 0) is 24.2 Å². The number of benzene rings is 1. The molecule has 2 aliphatic heterocycles. The van der Waals surface area contributed by atoms with Crippen LogP contribution in [0.3, 0.4) is 0 Å². The smallest absolute Gasteiger partial charge is 0.257 e. The summed E-state index contributed by atoms with van der Waals surface area (Å²) in [5.41, 5.74) is 5.88. The zero-order chi connectivity index (χ0) is 19.5. The molecule has 0 unspecified atom stereocenters. The first-order valence-corrected chi connectivity index (χ1v) is 10.3. The molecule has 0 radical (unpaired) electrons. The van der Waals surface area contributed by atoms with Crippen LogP contribution in [0, 0.1) is 19.8 Å². The van der Waals surface area contributed by atoms with E-state index in [2.05, 4.69) is 42.5 Å². The zero-order valence-electron chi connectivity index (χ0n) is 16.9. The monoisotopic (exact) mass is 382 g/mol. The van der Waals surface area contributed by atoms with Gasteiger partial charge in [-0.05, 0) is 50.3 Å². The van der Waals surface area contributed by atoms with Gasteiger partial charge in [-0.3, -0.25) is 9.48 Å². The van der Waals surface area contributed by atoms with Crippen molar-refractivity contribution in [3.8, 4) is 0 Å². The van der Waals surface area contributed by atoms with E-state index in [0.717, 1.165) is 43.7 Å². The summed E-state index contributed by atoms with van der Waals surface area (Å²) in [7, 11) is 0. The lowest BCUT2D eigenvalue weighted by molar-refractivity contribution is 0.0301. The van der Waals surface area contributed by atoms with E-state index in [1.54, 1.807) is 6.20 Å². The number of nitrogens with zero attached hydrogens (tertiary/aromatic N) is 3. The molecule has 4 rings (SSSR count). The Morgan fingerprint density at radius 2 is 2.07 bits per heavy atom. The molecule has 1 fully saturated rings. The third-order valence-electron chi connectivity index (χ3n) is 5.96. The SMILES string of the molecule is Cc1ccc(CNC[C@H]2CCn3ncc(C(=O)N4CCOCC4)c3C2)c(C)c1. The quantitative estimate of drug-likeness (QED) is 0.862. The van der Waals surface area contributed by atoms with Gasteiger partial charge in [0.25, 0.3) is 5.91 Å². The first-order valence-electron chi connectivity index (χ1n) is 10.3. The third kappa shape index (κ3) is 4.13. The molecule has 0 spiro atoms.